The Balaban J connectivity index is 2.19. The number of nitrogens with two attached hydrogens (primary N) is 1. The fourth-order valence-corrected chi connectivity index (χ4v) is 2.70. The molecule has 0 heterocycles. The van der Waals surface area contributed by atoms with E-state index in [1.165, 1.54) is 47.9 Å². The van der Waals surface area contributed by atoms with Crippen LogP contribution in [-0.2, 0) is 0 Å². The van der Waals surface area contributed by atoms with Crippen molar-refractivity contribution in [1.29, 1.82) is 0 Å². The first kappa shape index (κ1) is 12.6. The molecule has 0 saturated heterocycles. The number of aryl methyl sites for hydroxylation is 3. The highest BCUT2D eigenvalue weighted by molar-refractivity contribution is 5.38. The van der Waals surface area contributed by atoms with E-state index in [0.29, 0.717) is 6.04 Å². The van der Waals surface area contributed by atoms with Gasteiger partial charge in [-0.05, 0) is 55.4 Å². The van der Waals surface area contributed by atoms with Crippen LogP contribution >= 0.6 is 0 Å². The maximum atomic E-state index is 5.74. The standard InChI is InChI=1S/C15H24N2/c1-10-7-12(3)14(8-11(10)2)15(17-16)9-13-5-4-6-13/h7-8,13,15,17H,4-6,9,16H2,1-3H3. The normalized spacial score (nSPS) is 17.9. The summed E-state index contributed by atoms with van der Waals surface area (Å²) in [6.07, 6.45) is 5.33. The number of hydrazine groups is 1. The molecule has 0 amide bonds. The molecule has 0 aliphatic heterocycles. The second kappa shape index (κ2) is 5.19. The lowest BCUT2D eigenvalue weighted by Gasteiger charge is -2.30. The summed E-state index contributed by atoms with van der Waals surface area (Å²) in [5.41, 5.74) is 8.47. The van der Waals surface area contributed by atoms with Crippen molar-refractivity contribution in [2.24, 2.45) is 11.8 Å². The van der Waals surface area contributed by atoms with E-state index in [1.807, 2.05) is 0 Å². The van der Waals surface area contributed by atoms with Crippen LogP contribution in [0.15, 0.2) is 12.1 Å². The second-order valence-electron chi connectivity index (χ2n) is 5.54. The van der Waals surface area contributed by atoms with Crippen LogP contribution in [0.4, 0.5) is 0 Å². The third-order valence-electron chi connectivity index (χ3n) is 4.25. The molecular formula is C15H24N2. The first-order chi connectivity index (χ1) is 8.11. The van der Waals surface area contributed by atoms with Crippen molar-refractivity contribution < 1.29 is 0 Å². The monoisotopic (exact) mass is 232 g/mol. The molecule has 1 aromatic carbocycles. The fourth-order valence-electron chi connectivity index (χ4n) is 2.70. The van der Waals surface area contributed by atoms with Crippen molar-refractivity contribution in [3.63, 3.8) is 0 Å². The number of rotatable bonds is 4. The van der Waals surface area contributed by atoms with Gasteiger partial charge in [0.05, 0.1) is 0 Å². The SMILES string of the molecule is Cc1cc(C)c(C(CC2CCC2)NN)cc1C. The molecule has 0 radical (unpaired) electrons. The first-order valence-corrected chi connectivity index (χ1v) is 6.65. The topological polar surface area (TPSA) is 38.0 Å². The molecule has 3 N–H and O–H groups in total. The van der Waals surface area contributed by atoms with E-state index in [1.54, 1.807) is 0 Å². The van der Waals surface area contributed by atoms with E-state index >= 15 is 0 Å². The van der Waals surface area contributed by atoms with Gasteiger partial charge in [0.2, 0.25) is 0 Å². The largest absolute Gasteiger partial charge is 0.271 e. The van der Waals surface area contributed by atoms with Crippen LogP contribution in [0.5, 0.6) is 0 Å². The lowest BCUT2D eigenvalue weighted by Crippen LogP contribution is -2.31. The van der Waals surface area contributed by atoms with Gasteiger partial charge in [-0.15, -0.1) is 0 Å². The number of hydrogen-bond acceptors (Lipinski definition) is 2. The van der Waals surface area contributed by atoms with Gasteiger partial charge in [0.1, 0.15) is 0 Å². The zero-order valence-electron chi connectivity index (χ0n) is 11.2. The maximum absolute atomic E-state index is 5.74. The Bertz CT molecular complexity index is 394. The highest BCUT2D eigenvalue weighted by Crippen LogP contribution is 2.35. The summed E-state index contributed by atoms with van der Waals surface area (Å²) in [6.45, 7) is 6.53. The molecule has 0 bridgehead atoms. The smallest absolute Gasteiger partial charge is 0.0465 e. The van der Waals surface area contributed by atoms with E-state index in [9.17, 15) is 0 Å². The Hall–Kier alpha value is -0.860. The highest BCUT2D eigenvalue weighted by Gasteiger charge is 2.23. The van der Waals surface area contributed by atoms with Gasteiger partial charge < -0.3 is 0 Å². The molecule has 1 unspecified atom stereocenters. The fraction of sp³-hybridized carbons (Fsp3) is 0.600. The summed E-state index contributed by atoms with van der Waals surface area (Å²) in [5, 5.41) is 0. The van der Waals surface area contributed by atoms with E-state index in [-0.39, 0.29) is 0 Å². The second-order valence-corrected chi connectivity index (χ2v) is 5.54. The summed E-state index contributed by atoms with van der Waals surface area (Å²) in [5.74, 6) is 6.61. The number of hydrogen-bond donors (Lipinski definition) is 2. The molecule has 1 fully saturated rings. The highest BCUT2D eigenvalue weighted by atomic mass is 15.2. The molecule has 2 rings (SSSR count). The predicted molar refractivity (Wildman–Crippen MR) is 72.7 cm³/mol. The van der Waals surface area contributed by atoms with E-state index in [0.717, 1.165) is 5.92 Å². The van der Waals surface area contributed by atoms with Gasteiger partial charge >= 0.3 is 0 Å². The minimum absolute atomic E-state index is 0.319. The molecule has 0 spiro atoms. The average Bonchev–Trinajstić information content (AvgIpc) is 2.23. The molecule has 1 atom stereocenters. The van der Waals surface area contributed by atoms with Crippen LogP contribution in [-0.4, -0.2) is 0 Å². The van der Waals surface area contributed by atoms with Crippen molar-refractivity contribution >= 4 is 0 Å². The molecule has 94 valence electrons. The van der Waals surface area contributed by atoms with E-state index in [4.69, 9.17) is 5.84 Å². The van der Waals surface area contributed by atoms with Gasteiger partial charge in [0, 0.05) is 6.04 Å². The third kappa shape index (κ3) is 2.70. The first-order valence-electron chi connectivity index (χ1n) is 6.65. The van der Waals surface area contributed by atoms with Gasteiger partial charge in [0.25, 0.3) is 0 Å². The Morgan fingerprint density at radius 1 is 1.18 bits per heavy atom. The molecule has 2 heteroatoms. The third-order valence-corrected chi connectivity index (χ3v) is 4.25. The van der Waals surface area contributed by atoms with E-state index < -0.39 is 0 Å². The van der Waals surface area contributed by atoms with Crippen molar-refractivity contribution in [3.05, 3.63) is 34.4 Å². The van der Waals surface area contributed by atoms with Crippen molar-refractivity contribution in [3.8, 4) is 0 Å². The minimum Gasteiger partial charge on any atom is -0.271 e. The van der Waals surface area contributed by atoms with Crippen molar-refractivity contribution in [2.75, 3.05) is 0 Å². The van der Waals surface area contributed by atoms with Crippen molar-refractivity contribution in [2.45, 2.75) is 52.5 Å². The van der Waals surface area contributed by atoms with Crippen LogP contribution in [0, 0.1) is 26.7 Å². The van der Waals surface area contributed by atoms with Gasteiger partial charge in [-0.3, -0.25) is 11.3 Å². The molecule has 1 aliphatic carbocycles. The Labute approximate surface area is 105 Å². The Morgan fingerprint density at radius 3 is 2.35 bits per heavy atom. The molecule has 1 saturated carbocycles. The Kier molecular flexibility index (Phi) is 3.85. The molecule has 0 aromatic heterocycles. The summed E-state index contributed by atoms with van der Waals surface area (Å²) < 4.78 is 0. The van der Waals surface area contributed by atoms with Crippen LogP contribution in [0.3, 0.4) is 0 Å². The number of benzene rings is 1. The van der Waals surface area contributed by atoms with Crippen LogP contribution in [0.25, 0.3) is 0 Å². The molecule has 1 aliphatic rings. The van der Waals surface area contributed by atoms with Gasteiger partial charge in [-0.2, -0.15) is 0 Å². The van der Waals surface area contributed by atoms with Crippen molar-refractivity contribution in [1.82, 2.24) is 5.43 Å². The van der Waals surface area contributed by atoms with Gasteiger partial charge in [0.15, 0.2) is 0 Å². The lowest BCUT2D eigenvalue weighted by molar-refractivity contribution is 0.261. The quantitative estimate of drug-likeness (QED) is 0.617. The molecule has 2 nitrogen and oxygen atoms in total. The number of nitrogens with one attached hydrogen (secondary N) is 1. The summed E-state index contributed by atoms with van der Waals surface area (Å²) >= 11 is 0. The molecular weight excluding hydrogens is 208 g/mol. The summed E-state index contributed by atoms with van der Waals surface area (Å²) in [7, 11) is 0. The van der Waals surface area contributed by atoms with Gasteiger partial charge in [-0.1, -0.05) is 31.4 Å². The maximum Gasteiger partial charge on any atom is 0.0465 e. The average molecular weight is 232 g/mol. The zero-order valence-corrected chi connectivity index (χ0v) is 11.2. The van der Waals surface area contributed by atoms with Crippen LogP contribution in [0.2, 0.25) is 0 Å². The van der Waals surface area contributed by atoms with Gasteiger partial charge in [-0.25, -0.2) is 0 Å². The van der Waals surface area contributed by atoms with Crippen LogP contribution < -0.4 is 11.3 Å². The Morgan fingerprint density at radius 2 is 1.82 bits per heavy atom. The predicted octanol–water partition coefficient (Wildman–Crippen LogP) is 3.31. The zero-order chi connectivity index (χ0) is 12.4. The lowest BCUT2D eigenvalue weighted by atomic mass is 9.79. The molecule has 1 aromatic rings. The summed E-state index contributed by atoms with van der Waals surface area (Å²) in [6, 6.07) is 4.89. The van der Waals surface area contributed by atoms with Crippen LogP contribution in [0.1, 0.15) is 54.0 Å². The minimum atomic E-state index is 0.319. The molecule has 17 heavy (non-hydrogen) atoms. The van der Waals surface area contributed by atoms with E-state index in [2.05, 4.69) is 38.3 Å². The summed E-state index contributed by atoms with van der Waals surface area (Å²) in [4.78, 5) is 0.